The van der Waals surface area contributed by atoms with E-state index in [4.69, 9.17) is 0 Å². The topological polar surface area (TPSA) is 31.9 Å². The first-order chi connectivity index (χ1) is 12.3. The van der Waals surface area contributed by atoms with Crippen LogP contribution in [0.25, 0.3) is 10.9 Å². The molecule has 3 aromatic rings. The van der Waals surface area contributed by atoms with Gasteiger partial charge in [0.15, 0.2) is 0 Å². The van der Waals surface area contributed by atoms with E-state index in [1.807, 2.05) is 37.4 Å². The summed E-state index contributed by atoms with van der Waals surface area (Å²) in [6.07, 6.45) is -0.190. The molecule has 26 heavy (non-hydrogen) atoms. The summed E-state index contributed by atoms with van der Waals surface area (Å²) in [5.41, 5.74) is 3.63. The lowest BCUT2D eigenvalue weighted by molar-refractivity contribution is -0.155. The van der Waals surface area contributed by atoms with Crippen molar-refractivity contribution in [2.75, 3.05) is 6.54 Å². The van der Waals surface area contributed by atoms with E-state index in [1.54, 1.807) is 12.3 Å². The van der Waals surface area contributed by atoms with Crippen molar-refractivity contribution in [3.05, 3.63) is 64.0 Å². The number of fused-ring (bicyclic) bond motifs is 3. The first kappa shape index (κ1) is 17.5. The van der Waals surface area contributed by atoms with Gasteiger partial charge in [-0.05, 0) is 64.7 Å². The van der Waals surface area contributed by atoms with Crippen LogP contribution in [0.1, 0.15) is 29.8 Å². The number of alkyl halides is 3. The van der Waals surface area contributed by atoms with Gasteiger partial charge in [0.1, 0.15) is 0 Å². The quantitative estimate of drug-likeness (QED) is 0.612. The summed E-state index contributed by atoms with van der Waals surface area (Å²) >= 11 is 3.34. The molecule has 0 spiro atoms. The molecule has 1 aromatic carbocycles. The van der Waals surface area contributed by atoms with Crippen molar-refractivity contribution in [2.45, 2.75) is 31.6 Å². The Balaban J connectivity index is 1.89. The normalized spacial score (nSPS) is 21.1. The second kappa shape index (κ2) is 6.39. The fourth-order valence-corrected chi connectivity index (χ4v) is 4.11. The highest BCUT2D eigenvalue weighted by molar-refractivity contribution is 9.10. The summed E-state index contributed by atoms with van der Waals surface area (Å²) in [5, 5.41) is 1.07. The molecule has 2 atom stereocenters. The van der Waals surface area contributed by atoms with Gasteiger partial charge in [-0.15, -0.1) is 0 Å². The second-order valence-electron chi connectivity index (χ2n) is 6.72. The summed E-state index contributed by atoms with van der Waals surface area (Å²) in [6, 6.07) is 8.69. The first-order valence-electron chi connectivity index (χ1n) is 8.36. The lowest BCUT2D eigenvalue weighted by atomic mass is 9.85. The minimum atomic E-state index is -4.27. The van der Waals surface area contributed by atoms with Gasteiger partial charge < -0.3 is 4.98 Å². The smallest absolute Gasteiger partial charge is 0.361 e. The van der Waals surface area contributed by atoms with Gasteiger partial charge in [-0.1, -0.05) is 6.07 Å². The molecule has 136 valence electrons. The van der Waals surface area contributed by atoms with Gasteiger partial charge >= 0.3 is 6.18 Å². The van der Waals surface area contributed by atoms with Crippen LogP contribution >= 0.6 is 15.9 Å². The summed E-state index contributed by atoms with van der Waals surface area (Å²) in [7, 11) is 0. The van der Waals surface area contributed by atoms with Gasteiger partial charge in [-0.25, -0.2) is 0 Å². The summed E-state index contributed by atoms with van der Waals surface area (Å²) in [5.74, 6) is 0. The molecule has 0 amide bonds. The highest BCUT2D eigenvalue weighted by Crippen LogP contribution is 2.41. The predicted octanol–water partition coefficient (Wildman–Crippen LogP) is 5.22. The number of aromatic amines is 1. The number of hydrogen-bond acceptors (Lipinski definition) is 2. The number of halogens is 4. The van der Waals surface area contributed by atoms with Gasteiger partial charge in [0.2, 0.25) is 0 Å². The van der Waals surface area contributed by atoms with E-state index in [0.29, 0.717) is 12.1 Å². The Kier molecular flexibility index (Phi) is 4.31. The largest absolute Gasteiger partial charge is 0.401 e. The Morgan fingerprint density at radius 1 is 1.23 bits per heavy atom. The molecular formula is C19H17BrF3N3. The summed E-state index contributed by atoms with van der Waals surface area (Å²) in [4.78, 5) is 9.11. The van der Waals surface area contributed by atoms with Crippen LogP contribution in [0, 0.1) is 0 Å². The Morgan fingerprint density at radius 3 is 2.73 bits per heavy atom. The number of pyridine rings is 1. The maximum absolute atomic E-state index is 13.3. The fraction of sp³-hybridized carbons (Fsp3) is 0.316. The average Bonchev–Trinajstić information content (AvgIpc) is 3.05. The molecule has 1 aliphatic heterocycles. The van der Waals surface area contributed by atoms with Gasteiger partial charge in [0, 0.05) is 33.8 Å². The van der Waals surface area contributed by atoms with E-state index in [1.165, 1.54) is 4.90 Å². The Bertz CT molecular complexity index is 933. The van der Waals surface area contributed by atoms with E-state index in [-0.39, 0.29) is 6.04 Å². The standard InChI is InChI=1S/C19H17BrF3N3/c1-11-8-15-13-6-7-24-16(13)5-3-14(15)18(26(11)10-19(21,22)23)17-4-2-12(20)9-25-17/h2-7,9,11,18,24H,8,10H2,1H3/t11-,18+/m1/s1. The zero-order valence-corrected chi connectivity index (χ0v) is 15.6. The monoisotopic (exact) mass is 423 g/mol. The molecule has 2 aromatic heterocycles. The van der Waals surface area contributed by atoms with Crippen LogP contribution in [-0.4, -0.2) is 33.6 Å². The number of rotatable bonds is 2. The summed E-state index contributed by atoms with van der Waals surface area (Å²) in [6.45, 7) is 0.896. The maximum Gasteiger partial charge on any atom is 0.401 e. The Labute approximate surface area is 157 Å². The number of hydrogen-bond donors (Lipinski definition) is 1. The molecule has 0 aliphatic carbocycles. The van der Waals surface area contributed by atoms with Crippen LogP contribution < -0.4 is 0 Å². The number of nitrogens with one attached hydrogen (secondary N) is 1. The van der Waals surface area contributed by atoms with Crippen molar-refractivity contribution in [2.24, 2.45) is 0 Å². The first-order valence-corrected chi connectivity index (χ1v) is 9.15. The van der Waals surface area contributed by atoms with Crippen molar-refractivity contribution in [3.8, 4) is 0 Å². The summed E-state index contributed by atoms with van der Waals surface area (Å²) < 4.78 is 40.6. The predicted molar refractivity (Wildman–Crippen MR) is 98.0 cm³/mol. The highest BCUT2D eigenvalue weighted by Gasteiger charge is 2.41. The van der Waals surface area contributed by atoms with Crippen molar-refractivity contribution >= 4 is 26.8 Å². The molecule has 3 nitrogen and oxygen atoms in total. The number of benzene rings is 1. The number of aromatic nitrogens is 2. The molecule has 0 saturated heterocycles. The van der Waals surface area contributed by atoms with Crippen molar-refractivity contribution in [1.29, 1.82) is 0 Å². The third-order valence-corrected chi connectivity index (χ3v) is 5.44. The molecular weight excluding hydrogens is 407 g/mol. The number of H-pyrrole nitrogens is 1. The van der Waals surface area contributed by atoms with Crippen molar-refractivity contribution in [3.63, 3.8) is 0 Å². The zero-order chi connectivity index (χ0) is 18.5. The minimum absolute atomic E-state index is 0.250. The molecule has 3 heterocycles. The van der Waals surface area contributed by atoms with Crippen LogP contribution in [0.15, 0.2) is 47.2 Å². The minimum Gasteiger partial charge on any atom is -0.361 e. The second-order valence-corrected chi connectivity index (χ2v) is 7.63. The Hall–Kier alpha value is -1.86. The highest BCUT2D eigenvalue weighted by atomic mass is 79.9. The van der Waals surface area contributed by atoms with Crippen LogP contribution in [-0.2, 0) is 6.42 Å². The lowest BCUT2D eigenvalue weighted by Gasteiger charge is -2.42. The van der Waals surface area contributed by atoms with Crippen molar-refractivity contribution in [1.82, 2.24) is 14.9 Å². The SMILES string of the molecule is C[C@@H]1Cc2c(ccc3[nH]ccc23)[C@@H](c2ccc(Br)cn2)N1CC(F)(F)F. The van der Waals surface area contributed by atoms with Crippen LogP contribution in [0.3, 0.4) is 0 Å². The third kappa shape index (κ3) is 3.14. The molecule has 7 heteroatoms. The van der Waals surface area contributed by atoms with Gasteiger partial charge in [0.25, 0.3) is 0 Å². The van der Waals surface area contributed by atoms with Crippen LogP contribution in [0.2, 0.25) is 0 Å². The third-order valence-electron chi connectivity index (χ3n) is 4.97. The molecule has 0 fully saturated rings. The van der Waals surface area contributed by atoms with Crippen LogP contribution in [0.5, 0.6) is 0 Å². The van der Waals surface area contributed by atoms with E-state index >= 15 is 0 Å². The van der Waals surface area contributed by atoms with Crippen LogP contribution in [0.4, 0.5) is 13.2 Å². The molecule has 1 N–H and O–H groups in total. The van der Waals surface area contributed by atoms with Crippen molar-refractivity contribution < 1.29 is 13.2 Å². The number of nitrogens with zero attached hydrogens (tertiary/aromatic N) is 2. The molecule has 0 bridgehead atoms. The van der Waals surface area contributed by atoms with E-state index in [0.717, 1.165) is 26.5 Å². The van der Waals surface area contributed by atoms with E-state index in [2.05, 4.69) is 25.9 Å². The van der Waals surface area contributed by atoms with Gasteiger partial charge in [0.05, 0.1) is 18.3 Å². The van der Waals surface area contributed by atoms with E-state index < -0.39 is 18.8 Å². The fourth-order valence-electron chi connectivity index (χ4n) is 3.87. The molecule has 0 radical (unpaired) electrons. The van der Waals surface area contributed by atoms with Gasteiger partial charge in [-0.2, -0.15) is 13.2 Å². The molecule has 1 aliphatic rings. The lowest BCUT2D eigenvalue weighted by Crippen LogP contribution is -2.47. The maximum atomic E-state index is 13.3. The Morgan fingerprint density at radius 2 is 2.04 bits per heavy atom. The average molecular weight is 424 g/mol. The molecule has 4 rings (SSSR count). The molecule has 0 unspecified atom stereocenters. The molecule has 0 saturated carbocycles. The zero-order valence-electron chi connectivity index (χ0n) is 14.0. The van der Waals surface area contributed by atoms with Gasteiger partial charge in [-0.3, -0.25) is 9.88 Å². The van der Waals surface area contributed by atoms with E-state index in [9.17, 15) is 13.2 Å².